The number of ether oxygens (including phenoxy) is 5. The van der Waals surface area contributed by atoms with Gasteiger partial charge in [-0.15, -0.1) is 0 Å². The van der Waals surface area contributed by atoms with Crippen molar-refractivity contribution < 1.29 is 38.1 Å². The molecular weight excluding hydrogens is 524 g/mol. The molecule has 0 aliphatic rings. The molecule has 224 valence electrons. The number of carbonyl (C=O) groups excluding carboxylic acids is 3. The van der Waals surface area contributed by atoms with Crippen LogP contribution in [0.1, 0.15) is 96.1 Å². The molecule has 8 nitrogen and oxygen atoms in total. The molecule has 0 bridgehead atoms. The Morgan fingerprint density at radius 1 is 0.780 bits per heavy atom. The molecule has 0 atom stereocenters. The summed E-state index contributed by atoms with van der Waals surface area (Å²) in [4.78, 5) is 36.9. The minimum absolute atomic E-state index is 0.0987. The van der Waals surface area contributed by atoms with Crippen LogP contribution in [-0.2, 0) is 19.1 Å². The van der Waals surface area contributed by atoms with E-state index in [9.17, 15) is 14.4 Å². The van der Waals surface area contributed by atoms with E-state index in [1.165, 1.54) is 6.08 Å². The molecule has 0 unspecified atom stereocenters. The number of esters is 2. The largest absolute Gasteiger partial charge is 0.493 e. The predicted octanol–water partition coefficient (Wildman–Crippen LogP) is 7.35. The van der Waals surface area contributed by atoms with Gasteiger partial charge >= 0.3 is 11.9 Å². The van der Waals surface area contributed by atoms with Crippen molar-refractivity contribution in [3.63, 3.8) is 0 Å². The summed E-state index contributed by atoms with van der Waals surface area (Å²) in [5, 5.41) is 0. The molecular formula is C33H44O8. The molecule has 2 aromatic rings. The van der Waals surface area contributed by atoms with Crippen molar-refractivity contribution in [2.75, 3.05) is 20.2 Å². The molecule has 0 heterocycles. The number of allylic oxidation sites excluding steroid dienone is 1. The molecule has 0 saturated carbocycles. The third-order valence-electron chi connectivity index (χ3n) is 5.82. The fourth-order valence-electron chi connectivity index (χ4n) is 3.35. The number of hydrogen-bond acceptors (Lipinski definition) is 8. The van der Waals surface area contributed by atoms with E-state index < -0.39 is 10.8 Å². The molecule has 0 aromatic heterocycles. The maximum absolute atomic E-state index is 12.9. The summed E-state index contributed by atoms with van der Waals surface area (Å²) in [5.41, 5.74) is 0.852. The lowest BCUT2D eigenvalue weighted by Gasteiger charge is -2.20. The summed E-state index contributed by atoms with van der Waals surface area (Å²) in [6, 6.07) is 10.3. The first-order valence-corrected chi connectivity index (χ1v) is 13.9. The Bertz CT molecular complexity index is 1210. The molecule has 0 N–H and O–H groups in total. The van der Waals surface area contributed by atoms with Crippen LogP contribution in [-0.4, -0.2) is 37.9 Å². The maximum atomic E-state index is 12.9. The van der Waals surface area contributed by atoms with Gasteiger partial charge in [0.1, 0.15) is 17.2 Å². The number of carbonyl (C=O) groups is 3. The fourth-order valence-corrected chi connectivity index (χ4v) is 3.35. The lowest BCUT2D eigenvalue weighted by molar-refractivity contribution is -0.160. The Morgan fingerprint density at radius 2 is 1.34 bits per heavy atom. The lowest BCUT2D eigenvalue weighted by Crippen LogP contribution is -2.24. The van der Waals surface area contributed by atoms with Gasteiger partial charge in [0.15, 0.2) is 5.78 Å². The molecule has 0 fully saturated rings. The van der Waals surface area contributed by atoms with Crippen LogP contribution < -0.4 is 14.2 Å². The zero-order valence-corrected chi connectivity index (χ0v) is 25.8. The molecule has 0 aliphatic carbocycles. The molecule has 2 rings (SSSR count). The smallest absolute Gasteiger partial charge is 0.314 e. The van der Waals surface area contributed by atoms with Crippen LogP contribution in [0.3, 0.4) is 0 Å². The summed E-state index contributed by atoms with van der Waals surface area (Å²) < 4.78 is 27.7. The first-order chi connectivity index (χ1) is 19.1. The molecule has 41 heavy (non-hydrogen) atoms. The van der Waals surface area contributed by atoms with Crippen molar-refractivity contribution >= 4 is 23.8 Å². The van der Waals surface area contributed by atoms with Gasteiger partial charge in [0.25, 0.3) is 0 Å². The normalized spacial score (nSPS) is 11.9. The highest BCUT2D eigenvalue weighted by molar-refractivity contribution is 6.07. The second-order valence-electron chi connectivity index (χ2n) is 12.0. The highest BCUT2D eigenvalue weighted by Crippen LogP contribution is 2.35. The van der Waals surface area contributed by atoms with Crippen molar-refractivity contribution in [1.82, 2.24) is 0 Å². The van der Waals surface area contributed by atoms with E-state index in [1.54, 1.807) is 78.0 Å². The molecule has 8 heteroatoms. The quantitative estimate of drug-likeness (QED) is 0.107. The Balaban J connectivity index is 2.18. The van der Waals surface area contributed by atoms with Crippen LogP contribution in [0.4, 0.5) is 0 Å². The van der Waals surface area contributed by atoms with E-state index in [0.717, 1.165) is 17.5 Å². The Morgan fingerprint density at radius 3 is 1.85 bits per heavy atom. The molecule has 0 aliphatic heterocycles. The van der Waals surface area contributed by atoms with Crippen LogP contribution in [0.5, 0.6) is 17.2 Å². The predicted molar refractivity (Wildman–Crippen MR) is 158 cm³/mol. The summed E-state index contributed by atoms with van der Waals surface area (Å²) in [7, 11) is 0. The van der Waals surface area contributed by atoms with Gasteiger partial charge in [-0.25, -0.2) is 0 Å². The summed E-state index contributed by atoms with van der Waals surface area (Å²) in [5.74, 6) is 0.784. The zero-order chi connectivity index (χ0) is 30.8. The topological polar surface area (TPSA) is 97.4 Å². The fraction of sp³-hybridized carbons (Fsp3) is 0.485. The molecule has 2 aromatic carbocycles. The van der Waals surface area contributed by atoms with Crippen LogP contribution in [0.2, 0.25) is 0 Å². The van der Waals surface area contributed by atoms with Crippen LogP contribution in [0.25, 0.3) is 6.08 Å². The van der Waals surface area contributed by atoms with Crippen molar-refractivity contribution in [2.45, 2.75) is 74.7 Å². The second kappa shape index (κ2) is 14.7. The van der Waals surface area contributed by atoms with Crippen molar-refractivity contribution in [3.05, 3.63) is 59.2 Å². The molecule has 0 radical (unpaired) electrons. The first-order valence-electron chi connectivity index (χ1n) is 13.9. The second-order valence-corrected chi connectivity index (χ2v) is 12.0. The van der Waals surface area contributed by atoms with Gasteiger partial charge in [-0.05, 0) is 102 Å². The minimum atomic E-state index is -0.630. The Hall–Kier alpha value is -3.81. The summed E-state index contributed by atoms with van der Waals surface area (Å²) in [6.07, 6.45) is 4.01. The molecule has 0 amide bonds. The van der Waals surface area contributed by atoms with E-state index in [-0.39, 0.29) is 37.2 Å². The summed E-state index contributed by atoms with van der Waals surface area (Å²) >= 11 is 0. The highest BCUT2D eigenvalue weighted by atomic mass is 16.7. The third kappa shape index (κ3) is 10.6. The first kappa shape index (κ1) is 33.4. The monoisotopic (exact) mass is 568 g/mol. The van der Waals surface area contributed by atoms with Crippen molar-refractivity contribution in [1.29, 1.82) is 0 Å². The van der Waals surface area contributed by atoms with Gasteiger partial charge in [0.05, 0.1) is 17.4 Å². The highest BCUT2D eigenvalue weighted by Gasteiger charge is 2.24. The number of benzene rings is 2. The van der Waals surface area contributed by atoms with Crippen molar-refractivity contribution in [2.24, 2.45) is 10.8 Å². The average molecular weight is 569 g/mol. The lowest BCUT2D eigenvalue weighted by atomic mass is 9.97. The molecule has 0 spiro atoms. The van der Waals surface area contributed by atoms with E-state index in [0.29, 0.717) is 29.4 Å². The number of ketones is 1. The van der Waals surface area contributed by atoms with Gasteiger partial charge in [0, 0.05) is 17.2 Å². The molecule has 0 saturated heterocycles. The van der Waals surface area contributed by atoms with Gasteiger partial charge in [-0.2, -0.15) is 0 Å². The van der Waals surface area contributed by atoms with E-state index in [1.807, 2.05) is 26.8 Å². The number of hydrogen-bond donors (Lipinski definition) is 0. The van der Waals surface area contributed by atoms with Crippen LogP contribution in [0, 0.1) is 10.8 Å². The SMILES string of the molecule is CCCOc1cc(OCOC(=O)C(C)(C)C)c(C(C)C)cc1/C=C/C(=O)c1ccc(OCOC(=O)C(C)(C)C)cc1. The van der Waals surface area contributed by atoms with Crippen LogP contribution >= 0.6 is 0 Å². The third-order valence-corrected chi connectivity index (χ3v) is 5.82. The van der Waals surface area contributed by atoms with Gasteiger partial charge < -0.3 is 23.7 Å². The van der Waals surface area contributed by atoms with E-state index >= 15 is 0 Å². The van der Waals surface area contributed by atoms with Gasteiger partial charge in [0.2, 0.25) is 13.6 Å². The minimum Gasteiger partial charge on any atom is -0.493 e. The number of rotatable bonds is 13. The van der Waals surface area contributed by atoms with Gasteiger partial charge in [-0.1, -0.05) is 20.8 Å². The zero-order valence-electron chi connectivity index (χ0n) is 25.8. The maximum Gasteiger partial charge on any atom is 0.314 e. The average Bonchev–Trinajstić information content (AvgIpc) is 2.89. The van der Waals surface area contributed by atoms with Crippen LogP contribution in [0.15, 0.2) is 42.5 Å². The van der Waals surface area contributed by atoms with E-state index in [4.69, 9.17) is 23.7 Å². The Labute approximate surface area is 244 Å². The van der Waals surface area contributed by atoms with Gasteiger partial charge in [-0.3, -0.25) is 14.4 Å². The Kier molecular flexibility index (Phi) is 12.0. The summed E-state index contributed by atoms with van der Waals surface area (Å²) in [6.45, 7) is 16.8. The van der Waals surface area contributed by atoms with Crippen molar-refractivity contribution in [3.8, 4) is 17.2 Å². The standard InChI is InChI=1S/C33H44O8/c1-10-17-37-28-19-29(39-21-41-31(36)33(7,8)9)26(22(2)3)18-24(28)13-16-27(34)23-11-14-25(15-12-23)38-20-40-30(35)32(4,5)6/h11-16,18-19,22H,10,17,20-21H2,1-9H3/b16-13+. The van der Waals surface area contributed by atoms with E-state index in [2.05, 4.69) is 0 Å².